The smallest absolute Gasteiger partial charge is 0.378 e. The number of hydrogen-bond donors (Lipinski definition) is 0. The lowest BCUT2D eigenvalue weighted by molar-refractivity contribution is -0.0856. The fraction of sp³-hybridized carbons (Fsp3) is 0.750. The summed E-state index contributed by atoms with van der Waals surface area (Å²) in [5.41, 5.74) is 0. The van der Waals surface area contributed by atoms with E-state index in [9.17, 15) is 9.59 Å². The number of nitrogens with zero attached hydrogens (tertiary/aromatic N) is 2. The minimum atomic E-state index is -0.839. The van der Waals surface area contributed by atoms with E-state index in [1.807, 2.05) is 0 Å². The first-order chi connectivity index (χ1) is 7.15. The Labute approximate surface area is 87.4 Å². The van der Waals surface area contributed by atoms with Crippen LogP contribution in [0.15, 0.2) is 0 Å². The minimum Gasteiger partial charge on any atom is -0.378 e. The molecule has 0 N–H and O–H groups in total. The summed E-state index contributed by atoms with van der Waals surface area (Å²) in [6.07, 6.45) is -1.51. The molecule has 7 heteroatoms. The van der Waals surface area contributed by atoms with Crippen molar-refractivity contribution in [3.63, 3.8) is 0 Å². The molecule has 86 valence electrons. The minimum absolute atomic E-state index is 0.433. The van der Waals surface area contributed by atoms with Crippen LogP contribution in [-0.2, 0) is 14.3 Å². The van der Waals surface area contributed by atoms with E-state index < -0.39 is 12.2 Å². The zero-order valence-electron chi connectivity index (χ0n) is 8.76. The van der Waals surface area contributed by atoms with Gasteiger partial charge in [0.25, 0.3) is 0 Å². The lowest BCUT2D eigenvalue weighted by Crippen LogP contribution is -2.43. The van der Waals surface area contributed by atoms with E-state index in [0.29, 0.717) is 26.3 Å². The van der Waals surface area contributed by atoms with Gasteiger partial charge in [0.2, 0.25) is 0 Å². The Morgan fingerprint density at radius 2 is 1.93 bits per heavy atom. The SMILES string of the molecule is CON(C)C(=O)OC(=O)N1CCOCC1. The second kappa shape index (κ2) is 5.52. The molecule has 1 aliphatic rings. The third-order valence-electron chi connectivity index (χ3n) is 1.97. The van der Waals surface area contributed by atoms with Crippen molar-refractivity contribution in [1.82, 2.24) is 9.96 Å². The van der Waals surface area contributed by atoms with Crippen LogP contribution in [0.1, 0.15) is 0 Å². The maximum atomic E-state index is 11.4. The second-order valence-electron chi connectivity index (χ2n) is 2.91. The summed E-state index contributed by atoms with van der Waals surface area (Å²) < 4.78 is 9.59. The lowest BCUT2D eigenvalue weighted by atomic mass is 10.5. The van der Waals surface area contributed by atoms with Crippen molar-refractivity contribution in [1.29, 1.82) is 0 Å². The summed E-state index contributed by atoms with van der Waals surface area (Å²) in [6.45, 7) is 1.79. The molecule has 15 heavy (non-hydrogen) atoms. The highest BCUT2D eigenvalue weighted by Gasteiger charge is 2.22. The molecule has 0 aromatic heterocycles. The molecule has 0 saturated carbocycles. The number of carbonyl (C=O) groups is 2. The molecule has 0 bridgehead atoms. The zero-order valence-corrected chi connectivity index (χ0v) is 8.76. The molecule has 0 atom stereocenters. The number of rotatable bonds is 1. The zero-order chi connectivity index (χ0) is 11.3. The number of hydrogen-bond acceptors (Lipinski definition) is 5. The Hall–Kier alpha value is -1.34. The molecule has 1 heterocycles. The molecular weight excluding hydrogens is 204 g/mol. The van der Waals surface area contributed by atoms with Gasteiger partial charge in [-0.2, -0.15) is 5.06 Å². The molecule has 0 aliphatic carbocycles. The molecule has 2 amide bonds. The molecule has 1 aliphatic heterocycles. The molecule has 0 aromatic carbocycles. The van der Waals surface area contributed by atoms with Crippen LogP contribution in [0.3, 0.4) is 0 Å². The van der Waals surface area contributed by atoms with Gasteiger partial charge in [0.15, 0.2) is 0 Å². The monoisotopic (exact) mass is 218 g/mol. The summed E-state index contributed by atoms with van der Waals surface area (Å²) in [5.74, 6) is 0. The van der Waals surface area contributed by atoms with Crippen LogP contribution in [0.2, 0.25) is 0 Å². The highest BCUT2D eigenvalue weighted by Crippen LogP contribution is 2.01. The van der Waals surface area contributed by atoms with Gasteiger partial charge in [-0.05, 0) is 0 Å². The van der Waals surface area contributed by atoms with Crippen molar-refractivity contribution in [2.75, 3.05) is 40.5 Å². The van der Waals surface area contributed by atoms with Gasteiger partial charge >= 0.3 is 12.2 Å². The van der Waals surface area contributed by atoms with Crippen LogP contribution in [0.25, 0.3) is 0 Å². The predicted octanol–water partition coefficient (Wildman–Crippen LogP) is 0.0684. The Morgan fingerprint density at radius 3 is 2.47 bits per heavy atom. The first kappa shape index (κ1) is 11.7. The third kappa shape index (κ3) is 3.37. The average molecular weight is 218 g/mol. The summed E-state index contributed by atoms with van der Waals surface area (Å²) in [4.78, 5) is 28.5. The van der Waals surface area contributed by atoms with E-state index in [-0.39, 0.29) is 0 Å². The van der Waals surface area contributed by atoms with Crippen LogP contribution in [0.5, 0.6) is 0 Å². The molecule has 1 fully saturated rings. The maximum absolute atomic E-state index is 11.4. The van der Waals surface area contributed by atoms with Crippen molar-refractivity contribution >= 4 is 12.2 Å². The Kier molecular flexibility index (Phi) is 4.32. The molecule has 0 aromatic rings. The van der Waals surface area contributed by atoms with E-state index in [0.717, 1.165) is 5.06 Å². The first-order valence-corrected chi connectivity index (χ1v) is 4.51. The number of ether oxygens (including phenoxy) is 2. The van der Waals surface area contributed by atoms with E-state index in [1.165, 1.54) is 19.1 Å². The van der Waals surface area contributed by atoms with Gasteiger partial charge in [0.1, 0.15) is 0 Å². The number of carbonyl (C=O) groups excluding carboxylic acids is 2. The van der Waals surface area contributed by atoms with Crippen molar-refractivity contribution in [2.24, 2.45) is 0 Å². The number of hydroxylamine groups is 2. The van der Waals surface area contributed by atoms with Gasteiger partial charge in [0.05, 0.1) is 20.3 Å². The fourth-order valence-corrected chi connectivity index (χ4v) is 1.02. The third-order valence-corrected chi connectivity index (χ3v) is 1.97. The molecule has 1 saturated heterocycles. The van der Waals surface area contributed by atoms with Gasteiger partial charge in [-0.3, -0.25) is 4.84 Å². The van der Waals surface area contributed by atoms with Gasteiger partial charge in [-0.1, -0.05) is 0 Å². The van der Waals surface area contributed by atoms with Crippen LogP contribution >= 0.6 is 0 Å². The molecule has 0 unspecified atom stereocenters. The van der Waals surface area contributed by atoms with Gasteiger partial charge in [0, 0.05) is 20.1 Å². The van der Waals surface area contributed by atoms with Crippen molar-refractivity contribution in [3.05, 3.63) is 0 Å². The highest BCUT2D eigenvalue weighted by atomic mass is 16.7. The van der Waals surface area contributed by atoms with Crippen LogP contribution in [0.4, 0.5) is 9.59 Å². The number of morpholine rings is 1. The fourth-order valence-electron chi connectivity index (χ4n) is 1.02. The van der Waals surface area contributed by atoms with Crippen LogP contribution in [0, 0.1) is 0 Å². The molecule has 7 nitrogen and oxygen atoms in total. The van der Waals surface area contributed by atoms with Crippen molar-refractivity contribution in [3.8, 4) is 0 Å². The molecule has 1 rings (SSSR count). The normalized spacial score (nSPS) is 16.0. The van der Waals surface area contributed by atoms with E-state index in [4.69, 9.17) is 4.74 Å². The van der Waals surface area contributed by atoms with Gasteiger partial charge in [-0.15, -0.1) is 0 Å². The van der Waals surface area contributed by atoms with Crippen molar-refractivity contribution < 1.29 is 23.9 Å². The van der Waals surface area contributed by atoms with Crippen molar-refractivity contribution in [2.45, 2.75) is 0 Å². The van der Waals surface area contributed by atoms with Crippen LogP contribution < -0.4 is 0 Å². The second-order valence-corrected chi connectivity index (χ2v) is 2.91. The first-order valence-electron chi connectivity index (χ1n) is 4.51. The van der Waals surface area contributed by atoms with Gasteiger partial charge in [-0.25, -0.2) is 9.59 Å². The standard InChI is InChI=1S/C8H14N2O5/c1-9(13-2)7(11)15-8(12)10-3-5-14-6-4-10/h3-6H2,1-2H3. The molecule has 0 radical (unpaired) electrons. The molecule has 0 spiro atoms. The lowest BCUT2D eigenvalue weighted by Gasteiger charge is -2.25. The summed E-state index contributed by atoms with van der Waals surface area (Å²) in [7, 11) is 2.66. The Bertz CT molecular complexity index is 239. The molecular formula is C8H14N2O5. The number of amides is 2. The summed E-state index contributed by atoms with van der Waals surface area (Å²) >= 11 is 0. The topological polar surface area (TPSA) is 68.3 Å². The largest absolute Gasteiger partial charge is 0.442 e. The van der Waals surface area contributed by atoms with E-state index in [1.54, 1.807) is 0 Å². The predicted molar refractivity (Wildman–Crippen MR) is 49.0 cm³/mol. The maximum Gasteiger partial charge on any atom is 0.442 e. The highest BCUT2D eigenvalue weighted by molar-refractivity contribution is 5.83. The van der Waals surface area contributed by atoms with E-state index >= 15 is 0 Å². The van der Waals surface area contributed by atoms with E-state index in [2.05, 4.69) is 9.57 Å². The Morgan fingerprint density at radius 1 is 1.33 bits per heavy atom. The Balaban J connectivity index is 2.37. The quantitative estimate of drug-likeness (QED) is 0.460. The summed E-state index contributed by atoms with van der Waals surface area (Å²) in [5, 5.41) is 0.832. The average Bonchev–Trinajstić information content (AvgIpc) is 2.29. The van der Waals surface area contributed by atoms with Gasteiger partial charge < -0.3 is 14.4 Å². The summed E-state index contributed by atoms with van der Waals surface area (Å²) in [6, 6.07) is 0. The van der Waals surface area contributed by atoms with Crippen LogP contribution in [-0.4, -0.2) is 62.6 Å².